The Kier molecular flexibility index (Phi) is 8.17. The Morgan fingerprint density at radius 3 is 1.88 bits per heavy atom. The van der Waals surface area contributed by atoms with E-state index < -0.39 is 10.4 Å². The van der Waals surface area contributed by atoms with Crippen molar-refractivity contribution in [3.63, 3.8) is 0 Å². The van der Waals surface area contributed by atoms with Gasteiger partial charge < -0.3 is 13.5 Å². The molecule has 0 aliphatic heterocycles. The lowest BCUT2D eigenvalue weighted by molar-refractivity contribution is 0.371. The van der Waals surface area contributed by atoms with Gasteiger partial charge in [0.1, 0.15) is 11.5 Å². The van der Waals surface area contributed by atoms with Gasteiger partial charge in [0.2, 0.25) is 0 Å². The topological polar surface area (TPSA) is 75.7 Å². The zero-order valence-corrected chi connectivity index (χ0v) is 17.6. The van der Waals surface area contributed by atoms with Crippen LogP contribution in [0.5, 0.6) is 11.5 Å². The quantitative estimate of drug-likeness (QED) is 0.360. The molecule has 0 fully saturated rings. The SMILES string of the molecule is CCC(C)(C)c1ccc(I)cc1.COc1ccc(OS(=O)(=O)[O-])cc1. The minimum atomic E-state index is -4.69. The van der Waals surface area contributed by atoms with Gasteiger partial charge in [-0.3, -0.25) is 0 Å². The summed E-state index contributed by atoms with van der Waals surface area (Å²) in [5.41, 5.74) is 1.76. The van der Waals surface area contributed by atoms with Gasteiger partial charge in [0.15, 0.2) is 0 Å². The van der Waals surface area contributed by atoms with E-state index in [-0.39, 0.29) is 5.75 Å². The molecule has 2 rings (SSSR count). The van der Waals surface area contributed by atoms with Crippen molar-refractivity contribution < 1.29 is 21.9 Å². The van der Waals surface area contributed by atoms with Crippen LogP contribution in [0.25, 0.3) is 0 Å². The molecule has 0 heterocycles. The zero-order chi connectivity index (χ0) is 19.1. The van der Waals surface area contributed by atoms with E-state index in [4.69, 9.17) is 4.74 Å². The van der Waals surface area contributed by atoms with Crippen LogP contribution in [-0.4, -0.2) is 20.1 Å². The van der Waals surface area contributed by atoms with Crippen LogP contribution in [0.2, 0.25) is 0 Å². The number of hydrogen-bond donors (Lipinski definition) is 0. The Labute approximate surface area is 163 Å². The predicted molar refractivity (Wildman–Crippen MR) is 106 cm³/mol. The minimum absolute atomic E-state index is 0.0317. The van der Waals surface area contributed by atoms with E-state index >= 15 is 0 Å². The van der Waals surface area contributed by atoms with Crippen molar-refractivity contribution in [3.05, 3.63) is 57.7 Å². The second-order valence-corrected chi connectivity index (χ2v) is 8.14. The van der Waals surface area contributed by atoms with Crippen molar-refractivity contribution >= 4 is 33.0 Å². The summed E-state index contributed by atoms with van der Waals surface area (Å²) in [6, 6.07) is 14.4. The molecule has 0 amide bonds. The molecule has 0 aromatic heterocycles. The molecule has 5 nitrogen and oxygen atoms in total. The molecule has 25 heavy (non-hydrogen) atoms. The Morgan fingerprint density at radius 1 is 1.00 bits per heavy atom. The summed E-state index contributed by atoms with van der Waals surface area (Å²) >= 11 is 2.34. The molecule has 0 bridgehead atoms. The van der Waals surface area contributed by atoms with E-state index in [1.165, 1.54) is 46.9 Å². The van der Waals surface area contributed by atoms with Gasteiger partial charge in [-0.1, -0.05) is 32.9 Å². The van der Waals surface area contributed by atoms with Crippen LogP contribution < -0.4 is 8.92 Å². The Bertz CT molecular complexity index is 753. The number of ether oxygens (including phenoxy) is 1. The molecule has 0 atom stereocenters. The van der Waals surface area contributed by atoms with Gasteiger partial charge in [0, 0.05) is 3.57 Å². The number of benzene rings is 2. The highest BCUT2D eigenvalue weighted by Crippen LogP contribution is 2.26. The van der Waals surface area contributed by atoms with Crippen LogP contribution in [0.1, 0.15) is 32.8 Å². The summed E-state index contributed by atoms with van der Waals surface area (Å²) in [4.78, 5) is 0. The molecule has 0 saturated carbocycles. The first kappa shape index (κ1) is 21.7. The van der Waals surface area contributed by atoms with Gasteiger partial charge in [0.05, 0.1) is 7.11 Å². The average Bonchev–Trinajstić information content (AvgIpc) is 2.55. The fourth-order valence-corrected chi connectivity index (χ4v) is 2.56. The van der Waals surface area contributed by atoms with Gasteiger partial charge in [-0.15, -0.1) is 0 Å². The number of rotatable bonds is 5. The summed E-state index contributed by atoms with van der Waals surface area (Å²) in [5, 5.41) is 0. The summed E-state index contributed by atoms with van der Waals surface area (Å²) in [6.07, 6.45) is 1.19. The van der Waals surface area contributed by atoms with Crippen molar-refractivity contribution in [1.29, 1.82) is 0 Å². The Morgan fingerprint density at radius 2 is 1.48 bits per heavy atom. The van der Waals surface area contributed by atoms with Gasteiger partial charge in [0.25, 0.3) is 10.4 Å². The smallest absolute Gasteiger partial charge is 0.262 e. The van der Waals surface area contributed by atoms with E-state index in [1.54, 1.807) is 0 Å². The zero-order valence-electron chi connectivity index (χ0n) is 14.7. The third-order valence-electron chi connectivity index (χ3n) is 3.77. The standard InChI is InChI=1S/C11H15I.C7H8O5S/c1-4-11(2,3)9-5-7-10(12)8-6-9;1-11-6-2-4-7(5-3-6)12-13(8,9)10/h5-8H,4H2,1-3H3;2-5H,1H3,(H,8,9,10)/p-1. The predicted octanol–water partition coefficient (Wildman–Crippen LogP) is 4.51. The molecule has 0 N–H and O–H groups in total. The molecule has 0 aliphatic rings. The van der Waals surface area contributed by atoms with Crippen molar-refractivity contribution in [2.45, 2.75) is 32.6 Å². The lowest BCUT2D eigenvalue weighted by Gasteiger charge is -2.23. The summed E-state index contributed by atoms with van der Waals surface area (Å²) in [6.45, 7) is 6.81. The maximum absolute atomic E-state index is 10.1. The molecule has 7 heteroatoms. The van der Waals surface area contributed by atoms with Crippen LogP contribution in [-0.2, 0) is 15.8 Å². The largest absolute Gasteiger partial charge is 0.716 e. The molecule has 0 spiro atoms. The molecule has 2 aromatic carbocycles. The van der Waals surface area contributed by atoms with Gasteiger partial charge >= 0.3 is 0 Å². The first-order valence-electron chi connectivity index (χ1n) is 7.63. The number of hydrogen-bond acceptors (Lipinski definition) is 5. The summed E-state index contributed by atoms with van der Waals surface area (Å²) < 4.78 is 40.6. The maximum Gasteiger partial charge on any atom is 0.262 e. The summed E-state index contributed by atoms with van der Waals surface area (Å²) in [5.74, 6) is 0.520. The van der Waals surface area contributed by atoms with Crippen LogP contribution in [0.15, 0.2) is 48.5 Å². The highest BCUT2D eigenvalue weighted by Gasteiger charge is 2.16. The molecule has 0 unspecified atom stereocenters. The fraction of sp³-hybridized carbons (Fsp3) is 0.333. The van der Waals surface area contributed by atoms with Crippen LogP contribution >= 0.6 is 22.6 Å². The fourth-order valence-electron chi connectivity index (χ4n) is 1.85. The number of methoxy groups -OCH3 is 1. The summed E-state index contributed by atoms with van der Waals surface area (Å²) in [7, 11) is -3.22. The Balaban J connectivity index is 0.000000251. The third kappa shape index (κ3) is 8.06. The second kappa shape index (κ2) is 9.40. The molecule has 0 aliphatic carbocycles. The van der Waals surface area contributed by atoms with Crippen LogP contribution in [0.4, 0.5) is 0 Å². The van der Waals surface area contributed by atoms with Crippen molar-refractivity contribution in [1.82, 2.24) is 0 Å². The molecular formula is C18H22IO5S-. The highest BCUT2D eigenvalue weighted by molar-refractivity contribution is 14.1. The Hall–Kier alpha value is -1.32. The number of halogens is 1. The van der Waals surface area contributed by atoms with Gasteiger partial charge in [-0.05, 0) is 76.4 Å². The molecule has 0 radical (unpaired) electrons. The first-order chi connectivity index (χ1) is 11.6. The monoisotopic (exact) mass is 477 g/mol. The van der Waals surface area contributed by atoms with E-state index in [0.29, 0.717) is 11.2 Å². The molecular weight excluding hydrogens is 455 g/mol. The van der Waals surface area contributed by atoms with Crippen LogP contribution in [0, 0.1) is 3.57 Å². The lowest BCUT2D eigenvalue weighted by Crippen LogP contribution is -2.14. The third-order valence-corrected chi connectivity index (χ3v) is 4.88. The van der Waals surface area contributed by atoms with E-state index in [2.05, 4.69) is 71.8 Å². The van der Waals surface area contributed by atoms with E-state index in [1.807, 2.05) is 0 Å². The molecule has 2 aromatic rings. The molecule has 0 saturated heterocycles. The lowest BCUT2D eigenvalue weighted by atomic mass is 9.82. The van der Waals surface area contributed by atoms with Crippen molar-refractivity contribution in [2.24, 2.45) is 0 Å². The van der Waals surface area contributed by atoms with E-state index in [9.17, 15) is 13.0 Å². The minimum Gasteiger partial charge on any atom is -0.716 e. The second-order valence-electron chi connectivity index (χ2n) is 5.91. The maximum atomic E-state index is 10.1. The van der Waals surface area contributed by atoms with Crippen LogP contribution in [0.3, 0.4) is 0 Å². The average molecular weight is 477 g/mol. The van der Waals surface area contributed by atoms with Crippen molar-refractivity contribution in [3.8, 4) is 11.5 Å². The molecule has 138 valence electrons. The van der Waals surface area contributed by atoms with E-state index in [0.717, 1.165) is 0 Å². The highest BCUT2D eigenvalue weighted by atomic mass is 127. The normalized spacial score (nSPS) is 11.3. The van der Waals surface area contributed by atoms with Crippen molar-refractivity contribution in [2.75, 3.05) is 7.11 Å². The van der Waals surface area contributed by atoms with Gasteiger partial charge in [-0.25, -0.2) is 8.42 Å². The first-order valence-corrected chi connectivity index (χ1v) is 10.0. The van der Waals surface area contributed by atoms with Gasteiger partial charge in [-0.2, -0.15) is 0 Å².